The van der Waals surface area contributed by atoms with Crippen LogP contribution in [0.4, 0.5) is 0 Å². The molecule has 1 saturated carbocycles. The molecule has 1 aliphatic rings. The average molecular weight is 320 g/mol. The predicted molar refractivity (Wildman–Crippen MR) is 79.3 cm³/mol. The number of hydrogen-bond acceptors (Lipinski definition) is 6. The summed E-state index contributed by atoms with van der Waals surface area (Å²) in [6.07, 6.45) is 2.13. The molecule has 0 unspecified atom stereocenters. The molecule has 2 aromatic rings. The Kier molecular flexibility index (Phi) is 4.14. The van der Waals surface area contributed by atoms with Gasteiger partial charge in [0.15, 0.2) is 5.82 Å². The first-order valence-corrected chi connectivity index (χ1v) is 7.92. The van der Waals surface area contributed by atoms with Crippen LogP contribution in [0.3, 0.4) is 0 Å². The first kappa shape index (κ1) is 14.6. The molecule has 3 rings (SSSR count). The summed E-state index contributed by atoms with van der Waals surface area (Å²) >= 11 is 1.33. The largest absolute Gasteiger partial charge is 0.345 e. The summed E-state index contributed by atoms with van der Waals surface area (Å²) in [6.45, 7) is 1.75. The highest BCUT2D eigenvalue weighted by atomic mass is 32.1. The molecule has 2 amide bonds. The quantitative estimate of drug-likeness (QED) is 0.815. The second-order valence-corrected chi connectivity index (χ2v) is 6.11. The Balaban J connectivity index is 1.51. The van der Waals surface area contributed by atoms with Crippen LogP contribution in [0.5, 0.6) is 0 Å². The molecule has 1 aliphatic carbocycles. The highest BCUT2D eigenvalue weighted by Gasteiger charge is 2.29. The summed E-state index contributed by atoms with van der Waals surface area (Å²) < 4.78 is 1.76. The van der Waals surface area contributed by atoms with E-state index in [4.69, 9.17) is 0 Å². The molecule has 9 heteroatoms. The number of carbonyl (C=O) groups excluding carboxylic acids is 2. The Hall–Kier alpha value is -2.29. The van der Waals surface area contributed by atoms with Crippen molar-refractivity contribution in [2.24, 2.45) is 0 Å². The van der Waals surface area contributed by atoms with Gasteiger partial charge in [-0.05, 0) is 41.6 Å². The summed E-state index contributed by atoms with van der Waals surface area (Å²) in [5.74, 6) is 0.115. The minimum absolute atomic E-state index is 0.0773. The molecule has 0 bridgehead atoms. The Morgan fingerprint density at radius 2 is 2.32 bits per heavy atom. The first-order valence-electron chi connectivity index (χ1n) is 7.04. The fraction of sp³-hybridized carbons (Fsp3) is 0.462. The van der Waals surface area contributed by atoms with Crippen molar-refractivity contribution < 1.29 is 9.59 Å². The fourth-order valence-electron chi connectivity index (χ4n) is 2.08. The molecule has 2 heterocycles. The normalized spacial score (nSPS) is 15.3. The van der Waals surface area contributed by atoms with Crippen LogP contribution in [0.15, 0.2) is 17.5 Å². The van der Waals surface area contributed by atoms with Gasteiger partial charge in [0.1, 0.15) is 0 Å². The van der Waals surface area contributed by atoms with Crippen LogP contribution in [0.1, 0.15) is 47.3 Å². The van der Waals surface area contributed by atoms with E-state index in [-0.39, 0.29) is 24.4 Å². The number of amides is 2. The van der Waals surface area contributed by atoms with Crippen molar-refractivity contribution in [1.29, 1.82) is 0 Å². The molecule has 22 heavy (non-hydrogen) atoms. The second kappa shape index (κ2) is 6.22. The SMILES string of the molecule is C[C@H](NC(=O)CNC(=O)c1cccs1)c1nnnn1C1CC1. The van der Waals surface area contributed by atoms with Gasteiger partial charge in [-0.15, -0.1) is 16.4 Å². The topological polar surface area (TPSA) is 102 Å². The third-order valence-electron chi connectivity index (χ3n) is 3.33. The number of nitrogens with one attached hydrogen (secondary N) is 2. The van der Waals surface area contributed by atoms with E-state index < -0.39 is 0 Å². The van der Waals surface area contributed by atoms with Crippen LogP contribution in [-0.4, -0.2) is 38.6 Å². The summed E-state index contributed by atoms with van der Waals surface area (Å²) in [4.78, 5) is 24.3. The van der Waals surface area contributed by atoms with E-state index in [0.29, 0.717) is 16.7 Å². The zero-order valence-corrected chi connectivity index (χ0v) is 12.8. The smallest absolute Gasteiger partial charge is 0.261 e. The van der Waals surface area contributed by atoms with Gasteiger partial charge in [-0.2, -0.15) is 0 Å². The Morgan fingerprint density at radius 3 is 3.00 bits per heavy atom. The van der Waals surface area contributed by atoms with Crippen LogP contribution in [-0.2, 0) is 4.79 Å². The Labute approximate surface area is 130 Å². The van der Waals surface area contributed by atoms with E-state index in [1.807, 2.05) is 12.3 Å². The van der Waals surface area contributed by atoms with Gasteiger partial charge in [0, 0.05) is 0 Å². The lowest BCUT2D eigenvalue weighted by molar-refractivity contribution is -0.120. The van der Waals surface area contributed by atoms with Crippen LogP contribution in [0.25, 0.3) is 0 Å². The molecule has 0 aromatic carbocycles. The van der Waals surface area contributed by atoms with E-state index in [9.17, 15) is 9.59 Å². The minimum Gasteiger partial charge on any atom is -0.345 e. The highest BCUT2D eigenvalue weighted by Crippen LogP contribution is 2.35. The van der Waals surface area contributed by atoms with Crippen LogP contribution in [0, 0.1) is 0 Å². The number of tetrazole rings is 1. The van der Waals surface area contributed by atoms with Gasteiger partial charge in [-0.1, -0.05) is 6.07 Å². The van der Waals surface area contributed by atoms with Crippen molar-refractivity contribution in [2.45, 2.75) is 31.8 Å². The van der Waals surface area contributed by atoms with Crippen molar-refractivity contribution in [2.75, 3.05) is 6.54 Å². The summed E-state index contributed by atoms with van der Waals surface area (Å²) in [7, 11) is 0. The first-order chi connectivity index (χ1) is 10.6. The number of nitrogens with zero attached hydrogens (tertiary/aromatic N) is 4. The molecule has 0 radical (unpaired) electrons. The number of hydrogen-bond donors (Lipinski definition) is 2. The van der Waals surface area contributed by atoms with Gasteiger partial charge >= 0.3 is 0 Å². The van der Waals surface area contributed by atoms with Gasteiger partial charge in [0.25, 0.3) is 5.91 Å². The van der Waals surface area contributed by atoms with Gasteiger partial charge in [-0.25, -0.2) is 4.68 Å². The molecular formula is C13H16N6O2S. The summed E-state index contributed by atoms with van der Waals surface area (Å²) in [6, 6.07) is 3.55. The molecule has 116 valence electrons. The third-order valence-corrected chi connectivity index (χ3v) is 4.20. The number of thiophene rings is 1. The summed E-state index contributed by atoms with van der Waals surface area (Å²) in [5, 5.41) is 18.8. The lowest BCUT2D eigenvalue weighted by Gasteiger charge is -2.13. The maximum Gasteiger partial charge on any atom is 0.261 e. The maximum atomic E-state index is 11.9. The van der Waals surface area contributed by atoms with Crippen molar-refractivity contribution in [3.8, 4) is 0 Å². The van der Waals surface area contributed by atoms with Gasteiger partial charge < -0.3 is 10.6 Å². The lowest BCUT2D eigenvalue weighted by atomic mass is 10.3. The van der Waals surface area contributed by atoms with E-state index in [1.54, 1.807) is 16.8 Å². The van der Waals surface area contributed by atoms with Crippen LogP contribution >= 0.6 is 11.3 Å². The molecule has 0 aliphatic heterocycles. The van der Waals surface area contributed by atoms with Gasteiger partial charge in [0.05, 0.1) is 23.5 Å². The van der Waals surface area contributed by atoms with Gasteiger partial charge in [0.2, 0.25) is 5.91 Å². The molecule has 1 atom stereocenters. The molecule has 2 aromatic heterocycles. The zero-order chi connectivity index (χ0) is 15.5. The third kappa shape index (κ3) is 3.30. The summed E-state index contributed by atoms with van der Waals surface area (Å²) in [5.41, 5.74) is 0. The molecule has 8 nitrogen and oxygen atoms in total. The Morgan fingerprint density at radius 1 is 1.50 bits per heavy atom. The monoisotopic (exact) mass is 320 g/mol. The van der Waals surface area contributed by atoms with E-state index in [1.165, 1.54) is 11.3 Å². The van der Waals surface area contributed by atoms with Gasteiger partial charge in [-0.3, -0.25) is 9.59 Å². The van der Waals surface area contributed by atoms with Crippen molar-refractivity contribution in [1.82, 2.24) is 30.8 Å². The van der Waals surface area contributed by atoms with Crippen LogP contribution < -0.4 is 10.6 Å². The second-order valence-electron chi connectivity index (χ2n) is 5.16. The van der Waals surface area contributed by atoms with E-state index >= 15 is 0 Å². The fourth-order valence-corrected chi connectivity index (χ4v) is 2.72. The maximum absolute atomic E-state index is 11.9. The van der Waals surface area contributed by atoms with Crippen molar-refractivity contribution in [3.63, 3.8) is 0 Å². The molecule has 1 fully saturated rings. The van der Waals surface area contributed by atoms with E-state index in [2.05, 4.69) is 26.2 Å². The average Bonchev–Trinajstić information content (AvgIpc) is 3.03. The number of carbonyl (C=O) groups is 2. The number of aromatic nitrogens is 4. The molecule has 0 saturated heterocycles. The van der Waals surface area contributed by atoms with Crippen LogP contribution in [0.2, 0.25) is 0 Å². The van der Waals surface area contributed by atoms with Crippen molar-refractivity contribution in [3.05, 3.63) is 28.2 Å². The number of rotatable bonds is 6. The minimum atomic E-state index is -0.304. The standard InChI is InChI=1S/C13H16N6O2S/c1-8(12-16-17-18-19(12)9-4-5-9)15-11(20)7-14-13(21)10-3-2-6-22-10/h2-3,6,8-9H,4-5,7H2,1H3,(H,14,21)(H,15,20)/t8-/m0/s1. The molecule has 2 N–H and O–H groups in total. The molecule has 0 spiro atoms. The van der Waals surface area contributed by atoms with Crippen molar-refractivity contribution >= 4 is 23.2 Å². The molecular weight excluding hydrogens is 304 g/mol. The predicted octanol–water partition coefficient (Wildman–Crippen LogP) is 0.677. The zero-order valence-electron chi connectivity index (χ0n) is 12.0. The Bertz CT molecular complexity index is 664. The lowest BCUT2D eigenvalue weighted by Crippen LogP contribution is -2.38. The van der Waals surface area contributed by atoms with E-state index in [0.717, 1.165) is 12.8 Å². The highest BCUT2D eigenvalue weighted by molar-refractivity contribution is 7.12.